The predicted octanol–water partition coefficient (Wildman–Crippen LogP) is 2.92. The van der Waals surface area contributed by atoms with E-state index in [9.17, 15) is 4.79 Å². The highest BCUT2D eigenvalue weighted by atomic mass is 35.5. The van der Waals surface area contributed by atoms with Gasteiger partial charge in [0.05, 0.1) is 19.3 Å². The van der Waals surface area contributed by atoms with Crippen molar-refractivity contribution in [3.05, 3.63) is 23.2 Å². The van der Waals surface area contributed by atoms with Crippen molar-refractivity contribution < 1.29 is 9.53 Å². The second-order valence-electron chi connectivity index (χ2n) is 4.75. The van der Waals surface area contributed by atoms with Gasteiger partial charge in [-0.3, -0.25) is 4.79 Å². The lowest BCUT2D eigenvalue weighted by Crippen LogP contribution is -2.29. The van der Waals surface area contributed by atoms with Crippen molar-refractivity contribution in [2.75, 3.05) is 25.5 Å². The summed E-state index contributed by atoms with van der Waals surface area (Å²) in [6.45, 7) is 5.41. The molecule has 19 heavy (non-hydrogen) atoms. The van der Waals surface area contributed by atoms with E-state index in [-0.39, 0.29) is 12.5 Å². The summed E-state index contributed by atoms with van der Waals surface area (Å²) in [5, 5.41) is 6.44. The summed E-state index contributed by atoms with van der Waals surface area (Å²) in [6.07, 6.45) is 1.05. The number of methoxy groups -OCH3 is 1. The maximum atomic E-state index is 11.8. The summed E-state index contributed by atoms with van der Waals surface area (Å²) in [4.78, 5) is 11.8. The van der Waals surface area contributed by atoms with Crippen molar-refractivity contribution in [2.24, 2.45) is 5.92 Å². The molecule has 0 unspecified atom stereocenters. The minimum Gasteiger partial charge on any atom is -0.495 e. The number of amides is 1. The molecule has 1 rings (SSSR count). The van der Waals surface area contributed by atoms with Crippen LogP contribution in [0.4, 0.5) is 5.69 Å². The van der Waals surface area contributed by atoms with Crippen LogP contribution in [0.15, 0.2) is 18.2 Å². The SMILES string of the molecule is COc1ccc(Cl)cc1NC(=O)CNCCC(C)C. The van der Waals surface area contributed by atoms with Crippen molar-refractivity contribution in [1.29, 1.82) is 0 Å². The van der Waals surface area contributed by atoms with E-state index in [0.29, 0.717) is 22.4 Å². The molecule has 0 spiro atoms. The number of ether oxygens (including phenoxy) is 1. The Morgan fingerprint density at radius 2 is 2.16 bits per heavy atom. The monoisotopic (exact) mass is 284 g/mol. The molecule has 0 aromatic heterocycles. The first-order chi connectivity index (χ1) is 9.02. The molecule has 1 amide bonds. The Bertz CT molecular complexity index is 422. The van der Waals surface area contributed by atoms with Gasteiger partial charge < -0.3 is 15.4 Å². The van der Waals surface area contributed by atoms with Gasteiger partial charge in [-0.1, -0.05) is 25.4 Å². The molecule has 0 radical (unpaired) electrons. The number of rotatable bonds is 7. The fourth-order valence-electron chi connectivity index (χ4n) is 1.56. The number of hydrogen-bond donors (Lipinski definition) is 2. The Kier molecular flexibility index (Phi) is 6.67. The Hall–Kier alpha value is -1.26. The summed E-state index contributed by atoms with van der Waals surface area (Å²) in [6, 6.07) is 5.12. The third kappa shape index (κ3) is 5.94. The van der Waals surface area contributed by atoms with E-state index < -0.39 is 0 Å². The van der Waals surface area contributed by atoms with Gasteiger partial charge in [0.1, 0.15) is 5.75 Å². The zero-order valence-corrected chi connectivity index (χ0v) is 12.4. The molecule has 0 aliphatic heterocycles. The molecular weight excluding hydrogens is 264 g/mol. The molecule has 0 saturated carbocycles. The summed E-state index contributed by atoms with van der Waals surface area (Å²) in [7, 11) is 1.56. The smallest absolute Gasteiger partial charge is 0.238 e. The van der Waals surface area contributed by atoms with E-state index >= 15 is 0 Å². The van der Waals surface area contributed by atoms with E-state index in [1.165, 1.54) is 0 Å². The minimum absolute atomic E-state index is 0.107. The fourth-order valence-corrected chi connectivity index (χ4v) is 1.74. The van der Waals surface area contributed by atoms with Crippen molar-refractivity contribution in [3.8, 4) is 5.75 Å². The number of carbonyl (C=O) groups is 1. The molecule has 4 nitrogen and oxygen atoms in total. The lowest BCUT2D eigenvalue weighted by Gasteiger charge is -2.11. The van der Waals surface area contributed by atoms with Gasteiger partial charge >= 0.3 is 0 Å². The molecule has 1 aromatic carbocycles. The van der Waals surface area contributed by atoms with Crippen LogP contribution in [0.5, 0.6) is 5.75 Å². The summed E-state index contributed by atoms with van der Waals surface area (Å²) >= 11 is 5.90. The first-order valence-corrected chi connectivity index (χ1v) is 6.75. The predicted molar refractivity (Wildman–Crippen MR) is 79.0 cm³/mol. The zero-order valence-electron chi connectivity index (χ0n) is 11.6. The van der Waals surface area contributed by atoms with Crippen molar-refractivity contribution in [3.63, 3.8) is 0 Å². The summed E-state index contributed by atoms with van der Waals surface area (Å²) in [5.41, 5.74) is 0.589. The maximum Gasteiger partial charge on any atom is 0.238 e. The molecule has 0 atom stereocenters. The fraction of sp³-hybridized carbons (Fsp3) is 0.500. The number of carbonyl (C=O) groups excluding carboxylic acids is 1. The maximum absolute atomic E-state index is 11.8. The molecule has 5 heteroatoms. The highest BCUT2D eigenvalue weighted by Gasteiger charge is 2.08. The number of hydrogen-bond acceptors (Lipinski definition) is 3. The van der Waals surface area contributed by atoms with Gasteiger partial charge in [-0.05, 0) is 37.1 Å². The van der Waals surface area contributed by atoms with Gasteiger partial charge in [0.2, 0.25) is 5.91 Å². The van der Waals surface area contributed by atoms with Gasteiger partial charge in [0, 0.05) is 5.02 Å². The number of halogens is 1. The minimum atomic E-state index is -0.107. The van der Waals surface area contributed by atoms with Crippen LogP contribution in [-0.4, -0.2) is 26.1 Å². The van der Waals surface area contributed by atoms with Crippen molar-refractivity contribution in [2.45, 2.75) is 20.3 Å². The largest absolute Gasteiger partial charge is 0.495 e. The van der Waals surface area contributed by atoms with Crippen LogP contribution in [-0.2, 0) is 4.79 Å². The van der Waals surface area contributed by atoms with Crippen molar-refractivity contribution >= 4 is 23.2 Å². The van der Waals surface area contributed by atoms with Crippen LogP contribution < -0.4 is 15.4 Å². The van der Waals surface area contributed by atoms with E-state index in [2.05, 4.69) is 24.5 Å². The lowest BCUT2D eigenvalue weighted by molar-refractivity contribution is -0.115. The third-order valence-corrected chi connectivity index (χ3v) is 2.85. The Morgan fingerprint density at radius 1 is 1.42 bits per heavy atom. The molecule has 0 fully saturated rings. The van der Waals surface area contributed by atoms with Crippen LogP contribution in [0, 0.1) is 5.92 Å². The Balaban J connectivity index is 2.45. The topological polar surface area (TPSA) is 50.4 Å². The highest BCUT2D eigenvalue weighted by molar-refractivity contribution is 6.31. The van der Waals surface area contributed by atoms with Gasteiger partial charge in [-0.2, -0.15) is 0 Å². The molecule has 106 valence electrons. The molecule has 2 N–H and O–H groups in total. The average molecular weight is 285 g/mol. The molecular formula is C14H21ClN2O2. The Labute approximate surface area is 119 Å². The molecule has 0 saturated heterocycles. The summed E-state index contributed by atoms with van der Waals surface area (Å²) < 4.78 is 5.16. The number of nitrogens with one attached hydrogen (secondary N) is 2. The quantitative estimate of drug-likeness (QED) is 0.757. The molecule has 0 bridgehead atoms. The standard InChI is InChI=1S/C14H21ClN2O2/c1-10(2)6-7-16-9-14(18)17-12-8-11(15)4-5-13(12)19-3/h4-5,8,10,16H,6-7,9H2,1-3H3,(H,17,18). The van der Waals surface area contributed by atoms with Crippen LogP contribution in [0.2, 0.25) is 5.02 Å². The van der Waals surface area contributed by atoms with Gasteiger partial charge in [-0.25, -0.2) is 0 Å². The summed E-state index contributed by atoms with van der Waals surface area (Å²) in [5.74, 6) is 1.12. The van der Waals surface area contributed by atoms with Gasteiger partial charge in [0.25, 0.3) is 0 Å². The normalized spacial score (nSPS) is 10.6. The second kappa shape index (κ2) is 8.02. The Morgan fingerprint density at radius 3 is 2.79 bits per heavy atom. The van der Waals surface area contributed by atoms with Crippen LogP contribution in [0.25, 0.3) is 0 Å². The number of anilines is 1. The lowest BCUT2D eigenvalue weighted by atomic mass is 10.1. The van der Waals surface area contributed by atoms with Crippen LogP contribution in [0.1, 0.15) is 20.3 Å². The molecule has 1 aromatic rings. The molecule has 0 aliphatic carbocycles. The zero-order chi connectivity index (χ0) is 14.3. The van der Waals surface area contributed by atoms with E-state index in [1.807, 2.05) is 0 Å². The first-order valence-electron chi connectivity index (χ1n) is 6.37. The highest BCUT2D eigenvalue weighted by Crippen LogP contribution is 2.27. The van der Waals surface area contributed by atoms with E-state index in [1.54, 1.807) is 25.3 Å². The first kappa shape index (κ1) is 15.8. The van der Waals surface area contributed by atoms with Crippen LogP contribution in [0.3, 0.4) is 0 Å². The average Bonchev–Trinajstić information content (AvgIpc) is 2.35. The molecule has 0 heterocycles. The van der Waals surface area contributed by atoms with E-state index in [4.69, 9.17) is 16.3 Å². The van der Waals surface area contributed by atoms with Gasteiger partial charge in [0.15, 0.2) is 0 Å². The van der Waals surface area contributed by atoms with E-state index in [0.717, 1.165) is 13.0 Å². The number of benzene rings is 1. The molecule has 0 aliphatic rings. The van der Waals surface area contributed by atoms with Gasteiger partial charge in [-0.15, -0.1) is 0 Å². The van der Waals surface area contributed by atoms with Crippen LogP contribution >= 0.6 is 11.6 Å². The third-order valence-electron chi connectivity index (χ3n) is 2.62. The van der Waals surface area contributed by atoms with Crippen molar-refractivity contribution in [1.82, 2.24) is 5.32 Å². The second-order valence-corrected chi connectivity index (χ2v) is 5.19.